The van der Waals surface area contributed by atoms with Crippen molar-refractivity contribution in [3.8, 4) is 0 Å². The van der Waals surface area contributed by atoms with Gasteiger partial charge in [0, 0.05) is 25.7 Å². The maximum atomic E-state index is 13.0. The number of carbonyl (C=O) groups excluding carboxylic acids is 4. The van der Waals surface area contributed by atoms with Gasteiger partial charge in [-0.25, -0.2) is 9.13 Å². The predicted octanol–water partition coefficient (Wildman–Crippen LogP) is 20.8. The van der Waals surface area contributed by atoms with Gasteiger partial charge in [-0.15, -0.1) is 0 Å². The van der Waals surface area contributed by atoms with E-state index in [9.17, 15) is 43.2 Å². The van der Waals surface area contributed by atoms with Gasteiger partial charge in [-0.2, -0.15) is 0 Å². The van der Waals surface area contributed by atoms with Crippen molar-refractivity contribution in [3.05, 3.63) is 48.6 Å². The lowest BCUT2D eigenvalue weighted by atomic mass is 10.0. The molecule has 19 heteroatoms. The monoisotopic (exact) mass is 1360 g/mol. The largest absolute Gasteiger partial charge is 0.472 e. The topological polar surface area (TPSA) is 237 Å². The van der Waals surface area contributed by atoms with Crippen LogP contribution in [0, 0.1) is 5.92 Å². The Hall–Kier alpha value is -2.98. The number of carbonyl (C=O) groups is 4. The molecule has 0 amide bonds. The Morgan fingerprint density at radius 3 is 0.882 bits per heavy atom. The summed E-state index contributed by atoms with van der Waals surface area (Å²) >= 11 is 0. The van der Waals surface area contributed by atoms with Gasteiger partial charge in [-0.1, -0.05) is 282 Å². The van der Waals surface area contributed by atoms with Crippen LogP contribution in [-0.2, 0) is 65.4 Å². The lowest BCUT2D eigenvalue weighted by Crippen LogP contribution is -2.30. The quantitative estimate of drug-likeness (QED) is 0.0169. The predicted molar refractivity (Wildman–Crippen MR) is 377 cm³/mol. The third-order valence-electron chi connectivity index (χ3n) is 16.0. The highest BCUT2D eigenvalue weighted by Gasteiger charge is 2.30. The summed E-state index contributed by atoms with van der Waals surface area (Å²) in [7, 11) is -9.93. The first-order chi connectivity index (χ1) is 45.0. The smallest absolute Gasteiger partial charge is 0.462 e. The zero-order valence-electron chi connectivity index (χ0n) is 59.4. The first-order valence-corrected chi connectivity index (χ1v) is 40.3. The van der Waals surface area contributed by atoms with E-state index in [4.69, 9.17) is 37.0 Å². The number of rotatable bonds is 70. The van der Waals surface area contributed by atoms with Crippen LogP contribution in [0.5, 0.6) is 0 Å². The number of allylic oxidation sites excluding steroid dienone is 8. The maximum absolute atomic E-state index is 13.0. The average Bonchev–Trinajstić information content (AvgIpc) is 1.89. The van der Waals surface area contributed by atoms with Crippen LogP contribution in [0.15, 0.2) is 48.6 Å². The van der Waals surface area contributed by atoms with Crippen LogP contribution in [0.2, 0.25) is 0 Å². The van der Waals surface area contributed by atoms with Crippen LogP contribution >= 0.6 is 15.6 Å². The Bertz CT molecular complexity index is 1980. The fourth-order valence-corrected chi connectivity index (χ4v) is 11.8. The third kappa shape index (κ3) is 67.4. The molecule has 0 aliphatic carbocycles. The molecule has 0 saturated carbocycles. The summed E-state index contributed by atoms with van der Waals surface area (Å²) < 4.78 is 68.3. The zero-order chi connectivity index (χ0) is 68.4. The lowest BCUT2D eigenvalue weighted by molar-refractivity contribution is -0.161. The van der Waals surface area contributed by atoms with Crippen LogP contribution < -0.4 is 0 Å². The van der Waals surface area contributed by atoms with Gasteiger partial charge >= 0.3 is 39.5 Å². The minimum absolute atomic E-state index is 0.0782. The number of esters is 4. The molecule has 544 valence electrons. The second-order valence-electron chi connectivity index (χ2n) is 25.8. The van der Waals surface area contributed by atoms with Crippen LogP contribution in [0.4, 0.5) is 0 Å². The standard InChI is InChI=1S/C74H136O17P2/c1-6-9-12-15-18-21-23-25-27-29-34-38-43-48-53-58-72(77)85-64-70(91-73(78)59-54-49-44-39-35-30-28-26-24-22-19-16-13-10-7-2)66-89-93(82,83)87-62-68(75)61-86-92(80,81)88-65-69(63-84-71(76)57-52-47-42-20-17-14-11-8-3)90-74(79)60-55-50-45-40-36-32-31-33-37-41-46-51-56-67(4)5/h21-28,67-70,75H,6-20,29-66H2,1-5H3,(H,80,81)(H,82,83)/b23-21-,24-22-,27-25-,28-26-/t68-,69+,70+/m0/s1. The van der Waals surface area contributed by atoms with Crippen LogP contribution in [0.25, 0.3) is 0 Å². The van der Waals surface area contributed by atoms with Gasteiger partial charge in [-0.3, -0.25) is 37.3 Å². The van der Waals surface area contributed by atoms with E-state index in [1.165, 1.54) is 122 Å². The molecule has 5 atom stereocenters. The summed E-state index contributed by atoms with van der Waals surface area (Å²) in [4.78, 5) is 72.6. The molecule has 2 unspecified atom stereocenters. The van der Waals surface area contributed by atoms with Crippen LogP contribution in [0.3, 0.4) is 0 Å². The SMILES string of the molecule is CCCCCC/C=C\C=C/CCCCCCCC(=O)OC[C@H](COP(=O)(O)OC[C@@H](O)COP(=O)(O)OC[C@@H](COC(=O)CCCCCCCCCC)OC(=O)CCCCCCCCCCCCCCC(C)C)OC(=O)CCCCCCC/C=C\C=C/CCCCCC. The van der Waals surface area contributed by atoms with Crippen LogP contribution in [0.1, 0.15) is 336 Å². The molecule has 0 spiro atoms. The molecule has 0 rings (SSSR count). The molecule has 0 heterocycles. The third-order valence-corrected chi connectivity index (χ3v) is 17.9. The fourth-order valence-electron chi connectivity index (χ4n) is 10.3. The van der Waals surface area contributed by atoms with E-state index in [0.29, 0.717) is 25.7 Å². The Morgan fingerprint density at radius 1 is 0.333 bits per heavy atom. The summed E-state index contributed by atoms with van der Waals surface area (Å²) in [6.07, 6.45) is 59.9. The second kappa shape index (κ2) is 66.3. The molecule has 0 aliphatic rings. The fraction of sp³-hybridized carbons (Fsp3) is 0.838. The summed E-state index contributed by atoms with van der Waals surface area (Å²) in [6, 6.07) is 0. The second-order valence-corrected chi connectivity index (χ2v) is 28.7. The number of aliphatic hydroxyl groups is 1. The Labute approximate surface area is 566 Å². The van der Waals surface area contributed by atoms with Crippen molar-refractivity contribution in [2.24, 2.45) is 5.92 Å². The average molecular weight is 1360 g/mol. The van der Waals surface area contributed by atoms with Gasteiger partial charge in [-0.05, 0) is 83.0 Å². The van der Waals surface area contributed by atoms with Crippen molar-refractivity contribution < 1.29 is 80.2 Å². The molecule has 0 aromatic rings. The normalized spacial score (nSPS) is 14.3. The molecule has 0 aliphatic heterocycles. The Balaban J connectivity index is 5.29. The van der Waals surface area contributed by atoms with E-state index in [1.54, 1.807) is 0 Å². The van der Waals surface area contributed by atoms with Gasteiger partial charge in [0.25, 0.3) is 0 Å². The number of aliphatic hydroxyl groups excluding tert-OH is 1. The van der Waals surface area contributed by atoms with Gasteiger partial charge in [0.15, 0.2) is 12.2 Å². The van der Waals surface area contributed by atoms with E-state index in [-0.39, 0.29) is 25.7 Å². The van der Waals surface area contributed by atoms with Crippen molar-refractivity contribution >= 4 is 39.5 Å². The summed E-state index contributed by atoms with van der Waals surface area (Å²) in [5.74, 6) is -1.41. The maximum Gasteiger partial charge on any atom is 0.472 e. The molecular formula is C74H136O17P2. The van der Waals surface area contributed by atoms with E-state index >= 15 is 0 Å². The highest BCUT2D eigenvalue weighted by atomic mass is 31.2. The van der Waals surface area contributed by atoms with Crippen LogP contribution in [-0.4, -0.2) is 96.7 Å². The number of ether oxygens (including phenoxy) is 4. The van der Waals surface area contributed by atoms with Crippen molar-refractivity contribution in [1.29, 1.82) is 0 Å². The zero-order valence-corrected chi connectivity index (χ0v) is 61.1. The van der Waals surface area contributed by atoms with Crippen molar-refractivity contribution in [2.45, 2.75) is 355 Å². The van der Waals surface area contributed by atoms with E-state index in [0.717, 1.165) is 134 Å². The van der Waals surface area contributed by atoms with E-state index in [1.807, 2.05) is 0 Å². The molecule has 93 heavy (non-hydrogen) atoms. The molecule has 0 fully saturated rings. The van der Waals surface area contributed by atoms with Gasteiger partial charge in [0.1, 0.15) is 19.3 Å². The molecular weight excluding hydrogens is 1220 g/mol. The van der Waals surface area contributed by atoms with Gasteiger partial charge in [0.2, 0.25) is 0 Å². The van der Waals surface area contributed by atoms with E-state index < -0.39 is 97.5 Å². The first kappa shape index (κ1) is 90.0. The molecule has 3 N–H and O–H groups in total. The number of hydrogen-bond acceptors (Lipinski definition) is 15. The highest BCUT2D eigenvalue weighted by molar-refractivity contribution is 7.47. The molecule has 17 nitrogen and oxygen atoms in total. The van der Waals surface area contributed by atoms with Gasteiger partial charge < -0.3 is 33.8 Å². The number of hydrogen-bond donors (Lipinski definition) is 3. The van der Waals surface area contributed by atoms with Gasteiger partial charge in [0.05, 0.1) is 26.4 Å². The summed E-state index contributed by atoms with van der Waals surface area (Å²) in [5, 5.41) is 10.6. The summed E-state index contributed by atoms with van der Waals surface area (Å²) in [6.45, 7) is 7.12. The van der Waals surface area contributed by atoms with Crippen molar-refractivity contribution in [1.82, 2.24) is 0 Å². The highest BCUT2D eigenvalue weighted by Crippen LogP contribution is 2.45. The number of phosphoric ester groups is 2. The minimum Gasteiger partial charge on any atom is -0.462 e. The number of phosphoric acid groups is 2. The molecule has 0 aromatic heterocycles. The minimum atomic E-state index is -4.97. The van der Waals surface area contributed by atoms with E-state index in [2.05, 4.69) is 83.2 Å². The first-order valence-electron chi connectivity index (χ1n) is 37.3. The number of unbranched alkanes of at least 4 members (excludes halogenated alkanes) is 36. The van der Waals surface area contributed by atoms with Crippen molar-refractivity contribution in [2.75, 3.05) is 39.6 Å². The molecule has 0 radical (unpaired) electrons. The molecule has 0 saturated heterocycles. The Morgan fingerprint density at radius 2 is 0.581 bits per heavy atom. The Kier molecular flexibility index (Phi) is 64.1. The molecule has 0 aromatic carbocycles. The molecule has 0 bridgehead atoms. The summed E-state index contributed by atoms with van der Waals surface area (Å²) in [5.41, 5.74) is 0. The van der Waals surface area contributed by atoms with Crippen molar-refractivity contribution in [3.63, 3.8) is 0 Å². The lowest BCUT2D eigenvalue weighted by Gasteiger charge is -2.21.